The molecular weight excluding hydrogens is 356 g/mol. The number of oxazole rings is 1. The maximum atomic E-state index is 12.2. The SMILES string of the molecule is CC(C)OC(=O)c1ccc(NC(=O)CCc2ncc(-c3ccccc3)o2)cc1. The number of carbonyl (C=O) groups excluding carboxylic acids is 2. The van der Waals surface area contributed by atoms with Crippen LogP contribution in [0.1, 0.15) is 36.5 Å². The van der Waals surface area contributed by atoms with Crippen molar-refractivity contribution in [2.45, 2.75) is 32.8 Å². The number of hydrogen-bond donors (Lipinski definition) is 1. The zero-order valence-electron chi connectivity index (χ0n) is 15.8. The summed E-state index contributed by atoms with van der Waals surface area (Å²) in [6, 6.07) is 16.3. The zero-order chi connectivity index (χ0) is 19.9. The van der Waals surface area contributed by atoms with Crippen LogP contribution in [0, 0.1) is 0 Å². The lowest BCUT2D eigenvalue weighted by Crippen LogP contribution is -2.13. The first-order valence-electron chi connectivity index (χ1n) is 9.12. The largest absolute Gasteiger partial charge is 0.459 e. The summed E-state index contributed by atoms with van der Waals surface area (Å²) in [5, 5.41) is 2.80. The van der Waals surface area contributed by atoms with E-state index in [2.05, 4.69) is 10.3 Å². The number of carbonyl (C=O) groups is 2. The average Bonchev–Trinajstić information content (AvgIpc) is 3.16. The van der Waals surface area contributed by atoms with Gasteiger partial charge in [-0.25, -0.2) is 9.78 Å². The van der Waals surface area contributed by atoms with Gasteiger partial charge in [-0.3, -0.25) is 4.79 Å². The standard InChI is InChI=1S/C22H22N2O4/c1-15(2)27-22(26)17-8-10-18(11-9-17)24-20(25)12-13-21-23-14-19(28-21)16-6-4-3-5-7-16/h3-11,14-15H,12-13H2,1-2H3,(H,24,25). The maximum Gasteiger partial charge on any atom is 0.338 e. The number of esters is 1. The number of nitrogens with one attached hydrogen (secondary N) is 1. The van der Waals surface area contributed by atoms with Crippen molar-refractivity contribution < 1.29 is 18.7 Å². The van der Waals surface area contributed by atoms with Crippen LogP contribution in [0.4, 0.5) is 5.69 Å². The second-order valence-electron chi connectivity index (χ2n) is 6.56. The molecule has 0 radical (unpaired) electrons. The first kappa shape index (κ1) is 19.4. The quantitative estimate of drug-likeness (QED) is 0.613. The van der Waals surface area contributed by atoms with Gasteiger partial charge in [-0.05, 0) is 38.1 Å². The van der Waals surface area contributed by atoms with Crippen molar-refractivity contribution in [3.8, 4) is 11.3 Å². The van der Waals surface area contributed by atoms with Crippen LogP contribution in [0.15, 0.2) is 65.2 Å². The van der Waals surface area contributed by atoms with E-state index in [1.807, 2.05) is 30.3 Å². The van der Waals surface area contributed by atoms with Crippen LogP contribution < -0.4 is 5.32 Å². The normalized spacial score (nSPS) is 10.7. The van der Waals surface area contributed by atoms with Gasteiger partial charge in [0.2, 0.25) is 5.91 Å². The minimum Gasteiger partial charge on any atom is -0.459 e. The monoisotopic (exact) mass is 378 g/mol. The number of aromatic nitrogens is 1. The molecule has 0 spiro atoms. The molecule has 0 fully saturated rings. The molecule has 6 heteroatoms. The van der Waals surface area contributed by atoms with E-state index >= 15 is 0 Å². The van der Waals surface area contributed by atoms with Gasteiger partial charge in [0.25, 0.3) is 0 Å². The Morgan fingerprint density at radius 3 is 2.46 bits per heavy atom. The maximum absolute atomic E-state index is 12.2. The van der Waals surface area contributed by atoms with Crippen molar-refractivity contribution in [3.63, 3.8) is 0 Å². The van der Waals surface area contributed by atoms with E-state index in [1.54, 1.807) is 44.3 Å². The highest BCUT2D eigenvalue weighted by Gasteiger charge is 2.11. The number of nitrogens with zero attached hydrogens (tertiary/aromatic N) is 1. The molecule has 1 aromatic heterocycles. The van der Waals surface area contributed by atoms with Crippen molar-refractivity contribution in [1.82, 2.24) is 4.98 Å². The van der Waals surface area contributed by atoms with E-state index in [4.69, 9.17) is 9.15 Å². The van der Waals surface area contributed by atoms with E-state index in [0.29, 0.717) is 29.3 Å². The average molecular weight is 378 g/mol. The Balaban J connectivity index is 1.51. The van der Waals surface area contributed by atoms with Gasteiger partial charge in [-0.1, -0.05) is 30.3 Å². The highest BCUT2D eigenvalue weighted by Crippen LogP contribution is 2.20. The predicted octanol–water partition coefficient (Wildman–Crippen LogP) is 4.48. The van der Waals surface area contributed by atoms with Crippen molar-refractivity contribution in [2.75, 3.05) is 5.32 Å². The first-order chi connectivity index (χ1) is 13.5. The van der Waals surface area contributed by atoms with Crippen LogP contribution in [0.2, 0.25) is 0 Å². The number of benzene rings is 2. The zero-order valence-corrected chi connectivity index (χ0v) is 15.8. The van der Waals surface area contributed by atoms with E-state index in [-0.39, 0.29) is 24.4 Å². The molecule has 0 atom stereocenters. The van der Waals surface area contributed by atoms with E-state index < -0.39 is 0 Å². The fourth-order valence-electron chi connectivity index (χ4n) is 2.58. The minimum atomic E-state index is -0.383. The predicted molar refractivity (Wildman–Crippen MR) is 106 cm³/mol. The van der Waals surface area contributed by atoms with Crippen molar-refractivity contribution in [3.05, 3.63) is 72.2 Å². The van der Waals surface area contributed by atoms with Crippen molar-refractivity contribution in [2.24, 2.45) is 0 Å². The molecule has 0 saturated heterocycles. The van der Waals surface area contributed by atoms with Gasteiger partial charge in [0, 0.05) is 24.1 Å². The molecule has 1 heterocycles. The molecule has 28 heavy (non-hydrogen) atoms. The van der Waals surface area contributed by atoms with Crippen molar-refractivity contribution >= 4 is 17.6 Å². The molecule has 3 rings (SSSR count). The van der Waals surface area contributed by atoms with Gasteiger partial charge in [-0.15, -0.1) is 0 Å². The molecule has 0 aliphatic heterocycles. The summed E-state index contributed by atoms with van der Waals surface area (Å²) in [5.74, 6) is 0.656. The van der Waals surface area contributed by atoms with E-state index in [9.17, 15) is 9.59 Å². The molecule has 2 aromatic carbocycles. The summed E-state index contributed by atoms with van der Waals surface area (Å²) in [5.41, 5.74) is 2.00. The van der Waals surface area contributed by atoms with Crippen LogP contribution in [-0.2, 0) is 16.0 Å². The molecule has 0 aliphatic rings. The smallest absolute Gasteiger partial charge is 0.338 e. The Hall–Kier alpha value is -3.41. The summed E-state index contributed by atoms with van der Waals surface area (Å²) < 4.78 is 10.8. The van der Waals surface area contributed by atoms with Crippen LogP contribution in [0.3, 0.4) is 0 Å². The number of anilines is 1. The summed E-state index contributed by atoms with van der Waals surface area (Å²) in [6.07, 6.45) is 2.13. The van der Waals surface area contributed by atoms with Crippen LogP contribution >= 0.6 is 0 Å². The fourth-order valence-corrected chi connectivity index (χ4v) is 2.58. The Kier molecular flexibility index (Phi) is 6.22. The number of rotatable bonds is 7. The topological polar surface area (TPSA) is 81.4 Å². The minimum absolute atomic E-state index is 0.156. The van der Waals surface area contributed by atoms with Gasteiger partial charge in [0.1, 0.15) is 0 Å². The molecular formula is C22H22N2O4. The fraction of sp³-hybridized carbons (Fsp3) is 0.227. The summed E-state index contributed by atoms with van der Waals surface area (Å²) in [7, 11) is 0. The molecule has 1 amide bonds. The van der Waals surface area contributed by atoms with Gasteiger partial charge < -0.3 is 14.5 Å². The van der Waals surface area contributed by atoms with E-state index in [0.717, 1.165) is 5.56 Å². The molecule has 1 N–H and O–H groups in total. The number of amides is 1. The Bertz CT molecular complexity index is 931. The molecule has 144 valence electrons. The van der Waals surface area contributed by atoms with Gasteiger partial charge >= 0.3 is 5.97 Å². The second kappa shape index (κ2) is 8.99. The third-order valence-corrected chi connectivity index (χ3v) is 3.92. The molecule has 6 nitrogen and oxygen atoms in total. The highest BCUT2D eigenvalue weighted by atomic mass is 16.5. The lowest BCUT2D eigenvalue weighted by Gasteiger charge is -2.09. The number of hydrogen-bond acceptors (Lipinski definition) is 5. The Labute approximate surface area is 163 Å². The summed E-state index contributed by atoms with van der Waals surface area (Å²) in [6.45, 7) is 3.59. The van der Waals surface area contributed by atoms with Crippen molar-refractivity contribution in [1.29, 1.82) is 0 Å². The third kappa shape index (κ3) is 5.30. The molecule has 0 saturated carbocycles. The second-order valence-corrected chi connectivity index (χ2v) is 6.56. The Morgan fingerprint density at radius 2 is 1.79 bits per heavy atom. The van der Waals surface area contributed by atoms with Crippen LogP contribution in [0.25, 0.3) is 11.3 Å². The number of ether oxygens (including phenoxy) is 1. The Morgan fingerprint density at radius 1 is 1.07 bits per heavy atom. The molecule has 0 unspecified atom stereocenters. The molecule has 3 aromatic rings. The van der Waals surface area contributed by atoms with E-state index in [1.165, 1.54) is 0 Å². The molecule has 0 aliphatic carbocycles. The molecule has 0 bridgehead atoms. The van der Waals surface area contributed by atoms with Gasteiger partial charge in [-0.2, -0.15) is 0 Å². The third-order valence-electron chi connectivity index (χ3n) is 3.92. The lowest BCUT2D eigenvalue weighted by molar-refractivity contribution is -0.116. The van der Waals surface area contributed by atoms with Crippen LogP contribution in [0.5, 0.6) is 0 Å². The lowest BCUT2D eigenvalue weighted by atomic mass is 10.2. The summed E-state index contributed by atoms with van der Waals surface area (Å²) in [4.78, 5) is 28.2. The van der Waals surface area contributed by atoms with Gasteiger partial charge in [0.05, 0.1) is 17.9 Å². The highest BCUT2D eigenvalue weighted by molar-refractivity contribution is 5.93. The number of aryl methyl sites for hydroxylation is 1. The first-order valence-corrected chi connectivity index (χ1v) is 9.12. The van der Waals surface area contributed by atoms with Gasteiger partial charge in [0.15, 0.2) is 11.7 Å². The summed E-state index contributed by atoms with van der Waals surface area (Å²) >= 11 is 0. The van der Waals surface area contributed by atoms with Crippen LogP contribution in [-0.4, -0.2) is 23.0 Å².